The van der Waals surface area contributed by atoms with Crippen molar-refractivity contribution in [3.63, 3.8) is 0 Å². The number of methoxy groups -OCH3 is 2. The minimum atomic E-state index is -0.392. The lowest BCUT2D eigenvalue weighted by atomic mass is 10.0. The first-order valence-corrected chi connectivity index (χ1v) is 6.85. The van der Waals surface area contributed by atoms with Crippen molar-refractivity contribution in [3.05, 3.63) is 27.8 Å². The predicted molar refractivity (Wildman–Crippen MR) is 77.5 cm³/mol. The van der Waals surface area contributed by atoms with Gasteiger partial charge < -0.3 is 9.47 Å². The van der Waals surface area contributed by atoms with Gasteiger partial charge in [-0.25, -0.2) is 0 Å². The highest BCUT2D eigenvalue weighted by Crippen LogP contribution is 2.36. The molecular formula is C13H18BrNO4. The summed E-state index contributed by atoms with van der Waals surface area (Å²) < 4.78 is 10.3. The number of ether oxygens (including phenoxy) is 2. The van der Waals surface area contributed by atoms with Crippen molar-refractivity contribution in [1.82, 2.24) is 0 Å². The lowest BCUT2D eigenvalue weighted by Crippen LogP contribution is -2.12. The molecule has 1 rings (SSSR count). The van der Waals surface area contributed by atoms with E-state index in [2.05, 4.69) is 29.8 Å². The minimum Gasteiger partial charge on any atom is -0.493 e. The van der Waals surface area contributed by atoms with Gasteiger partial charge in [0.1, 0.15) is 0 Å². The van der Waals surface area contributed by atoms with Crippen LogP contribution in [-0.4, -0.2) is 24.0 Å². The molecule has 0 aromatic heterocycles. The van der Waals surface area contributed by atoms with E-state index in [1.54, 1.807) is 6.07 Å². The smallest absolute Gasteiger partial charge is 0.276 e. The summed E-state index contributed by atoms with van der Waals surface area (Å²) in [5.41, 5.74) is 0.695. The van der Waals surface area contributed by atoms with Crippen LogP contribution in [0.3, 0.4) is 0 Å². The van der Waals surface area contributed by atoms with Gasteiger partial charge in [-0.15, -0.1) is 0 Å². The van der Waals surface area contributed by atoms with Crippen LogP contribution in [-0.2, 0) is 6.42 Å². The first-order chi connectivity index (χ1) is 8.90. The molecule has 0 aliphatic rings. The van der Waals surface area contributed by atoms with Crippen molar-refractivity contribution in [1.29, 1.82) is 0 Å². The maximum atomic E-state index is 11.1. The van der Waals surface area contributed by atoms with Gasteiger partial charge in [-0.3, -0.25) is 10.1 Å². The van der Waals surface area contributed by atoms with Gasteiger partial charge >= 0.3 is 0 Å². The zero-order valence-corrected chi connectivity index (χ0v) is 13.1. The Balaban J connectivity index is 3.23. The molecule has 0 fully saturated rings. The zero-order valence-electron chi connectivity index (χ0n) is 11.5. The molecule has 1 atom stereocenters. The summed E-state index contributed by atoms with van der Waals surface area (Å²) in [6, 6.07) is 3.09. The Kier molecular flexibility index (Phi) is 5.60. The fraction of sp³-hybridized carbons (Fsp3) is 0.538. The quantitative estimate of drug-likeness (QED) is 0.454. The Labute approximate surface area is 121 Å². The minimum absolute atomic E-state index is 0.0581. The largest absolute Gasteiger partial charge is 0.493 e. The monoisotopic (exact) mass is 331 g/mol. The fourth-order valence-corrected chi connectivity index (χ4v) is 2.04. The van der Waals surface area contributed by atoms with Crippen LogP contribution in [0.5, 0.6) is 11.5 Å². The van der Waals surface area contributed by atoms with Gasteiger partial charge in [-0.1, -0.05) is 29.8 Å². The molecule has 106 valence electrons. The molecule has 0 spiro atoms. The highest BCUT2D eigenvalue weighted by Gasteiger charge is 2.22. The maximum absolute atomic E-state index is 11.1. The Bertz CT molecular complexity index is 462. The third kappa shape index (κ3) is 3.83. The number of halogens is 1. The van der Waals surface area contributed by atoms with E-state index >= 15 is 0 Å². The van der Waals surface area contributed by atoms with Crippen LogP contribution in [0.4, 0.5) is 5.69 Å². The van der Waals surface area contributed by atoms with Crippen LogP contribution < -0.4 is 9.47 Å². The summed E-state index contributed by atoms with van der Waals surface area (Å²) in [5.74, 6) is 1.26. The molecule has 0 radical (unpaired) electrons. The summed E-state index contributed by atoms with van der Waals surface area (Å²) in [6.45, 7) is 4.12. The summed E-state index contributed by atoms with van der Waals surface area (Å²) in [5, 5.41) is 11.1. The molecule has 19 heavy (non-hydrogen) atoms. The molecule has 0 bridgehead atoms. The molecular weight excluding hydrogens is 314 g/mol. The molecule has 0 saturated carbocycles. The van der Waals surface area contributed by atoms with Crippen LogP contribution in [0.15, 0.2) is 12.1 Å². The average Bonchev–Trinajstić information content (AvgIpc) is 2.37. The molecule has 0 saturated heterocycles. The molecule has 1 aromatic carbocycles. The van der Waals surface area contributed by atoms with E-state index < -0.39 is 4.92 Å². The van der Waals surface area contributed by atoms with Crippen LogP contribution in [0.2, 0.25) is 0 Å². The predicted octanol–water partition coefficient (Wildman–Crippen LogP) is 3.57. The molecule has 0 aliphatic carbocycles. The first kappa shape index (κ1) is 15.8. The summed E-state index contributed by atoms with van der Waals surface area (Å²) in [6.07, 6.45) is 0.564. The number of hydrogen-bond donors (Lipinski definition) is 0. The lowest BCUT2D eigenvalue weighted by molar-refractivity contribution is -0.385. The topological polar surface area (TPSA) is 61.6 Å². The number of alkyl halides is 1. The lowest BCUT2D eigenvalue weighted by Gasteiger charge is -2.15. The van der Waals surface area contributed by atoms with Gasteiger partial charge in [0.2, 0.25) is 0 Å². The Morgan fingerprint density at radius 2 is 1.79 bits per heavy atom. The Morgan fingerprint density at radius 1 is 1.26 bits per heavy atom. The van der Waals surface area contributed by atoms with Crippen LogP contribution in [0.1, 0.15) is 19.4 Å². The molecule has 1 unspecified atom stereocenters. The second-order valence-electron chi connectivity index (χ2n) is 4.56. The van der Waals surface area contributed by atoms with Crippen molar-refractivity contribution in [3.8, 4) is 11.5 Å². The molecule has 0 heterocycles. The van der Waals surface area contributed by atoms with Crippen LogP contribution >= 0.6 is 15.9 Å². The van der Waals surface area contributed by atoms with E-state index in [0.29, 0.717) is 29.4 Å². The van der Waals surface area contributed by atoms with Crippen LogP contribution in [0, 0.1) is 16.0 Å². The molecule has 0 amide bonds. The van der Waals surface area contributed by atoms with E-state index in [4.69, 9.17) is 9.47 Å². The SMILES string of the molecule is COc1cc(CC(Br)C(C)C)c([N+](=O)[O-])cc1OC. The highest BCUT2D eigenvalue weighted by atomic mass is 79.9. The van der Waals surface area contributed by atoms with Gasteiger partial charge in [0.15, 0.2) is 11.5 Å². The summed E-state index contributed by atoms with van der Waals surface area (Å²) in [7, 11) is 2.98. The second kappa shape index (κ2) is 6.75. The number of rotatable bonds is 6. The van der Waals surface area contributed by atoms with Crippen molar-refractivity contribution in [2.45, 2.75) is 25.1 Å². The van der Waals surface area contributed by atoms with Gasteiger partial charge in [-0.2, -0.15) is 0 Å². The van der Waals surface area contributed by atoms with E-state index in [1.807, 2.05) is 0 Å². The molecule has 6 heteroatoms. The third-order valence-corrected chi connectivity index (χ3v) is 4.30. The molecule has 1 aromatic rings. The normalized spacial score (nSPS) is 12.3. The van der Waals surface area contributed by atoms with E-state index in [0.717, 1.165) is 0 Å². The third-order valence-electron chi connectivity index (χ3n) is 2.92. The Morgan fingerprint density at radius 3 is 2.21 bits per heavy atom. The Hall–Kier alpha value is -1.30. The van der Waals surface area contributed by atoms with Crippen molar-refractivity contribution in [2.75, 3.05) is 14.2 Å². The van der Waals surface area contributed by atoms with Crippen molar-refractivity contribution in [2.24, 2.45) is 5.92 Å². The van der Waals surface area contributed by atoms with Gasteiger partial charge in [-0.05, 0) is 18.4 Å². The number of nitrogens with zero attached hydrogens (tertiary/aromatic N) is 1. The molecule has 0 aliphatic heterocycles. The second-order valence-corrected chi connectivity index (χ2v) is 5.73. The number of benzene rings is 1. The van der Waals surface area contributed by atoms with Crippen molar-refractivity contribution >= 4 is 21.6 Å². The first-order valence-electron chi connectivity index (χ1n) is 5.94. The fourth-order valence-electron chi connectivity index (χ4n) is 1.69. The number of hydrogen-bond acceptors (Lipinski definition) is 4. The number of nitro groups is 1. The van der Waals surface area contributed by atoms with E-state index in [-0.39, 0.29) is 10.5 Å². The van der Waals surface area contributed by atoms with Crippen molar-refractivity contribution < 1.29 is 14.4 Å². The highest BCUT2D eigenvalue weighted by molar-refractivity contribution is 9.09. The van der Waals surface area contributed by atoms with Gasteiger partial charge in [0.25, 0.3) is 5.69 Å². The molecule has 5 nitrogen and oxygen atoms in total. The van der Waals surface area contributed by atoms with Gasteiger partial charge in [0, 0.05) is 10.4 Å². The maximum Gasteiger partial charge on any atom is 0.276 e. The number of nitro benzene ring substituents is 1. The van der Waals surface area contributed by atoms with Crippen LogP contribution in [0.25, 0.3) is 0 Å². The standard InChI is InChI=1S/C13H18BrNO4/c1-8(2)10(14)5-9-6-12(18-3)13(19-4)7-11(9)15(16)17/h6-8,10H,5H2,1-4H3. The van der Waals surface area contributed by atoms with Gasteiger partial charge in [0.05, 0.1) is 25.2 Å². The molecule has 0 N–H and O–H groups in total. The summed E-state index contributed by atoms with van der Waals surface area (Å²) >= 11 is 3.55. The summed E-state index contributed by atoms with van der Waals surface area (Å²) in [4.78, 5) is 10.9. The van der Waals surface area contributed by atoms with E-state index in [9.17, 15) is 10.1 Å². The average molecular weight is 332 g/mol. The van der Waals surface area contributed by atoms with E-state index in [1.165, 1.54) is 20.3 Å². The zero-order chi connectivity index (χ0) is 14.6.